The third-order valence-electron chi connectivity index (χ3n) is 4.50. The maximum absolute atomic E-state index is 12.4. The van der Waals surface area contributed by atoms with Crippen LogP contribution >= 0.6 is 22.9 Å². The van der Waals surface area contributed by atoms with Crippen molar-refractivity contribution in [3.63, 3.8) is 0 Å². The van der Waals surface area contributed by atoms with Gasteiger partial charge in [0, 0.05) is 12.1 Å². The van der Waals surface area contributed by atoms with Crippen LogP contribution in [0, 0.1) is 5.92 Å². The highest BCUT2D eigenvalue weighted by Crippen LogP contribution is 2.25. The molecule has 0 aliphatic heterocycles. The van der Waals surface area contributed by atoms with Gasteiger partial charge in [-0.25, -0.2) is 0 Å². The molecule has 1 aliphatic carbocycles. The molecule has 0 bridgehead atoms. The molecule has 2 aromatic rings. The molecule has 0 radical (unpaired) electrons. The van der Waals surface area contributed by atoms with Gasteiger partial charge in [-0.3, -0.25) is 9.59 Å². The fraction of sp³-hybridized carbons (Fsp3) is 0.368. The minimum Gasteiger partial charge on any atom is -0.352 e. The molecule has 1 saturated carbocycles. The molecule has 1 heterocycles. The average Bonchev–Trinajstić information content (AvgIpc) is 3.17. The van der Waals surface area contributed by atoms with Crippen molar-refractivity contribution in [2.24, 2.45) is 5.92 Å². The van der Waals surface area contributed by atoms with Crippen LogP contribution in [0.5, 0.6) is 0 Å². The third-order valence-corrected chi connectivity index (χ3v) is 5.70. The van der Waals surface area contributed by atoms with E-state index in [2.05, 4.69) is 10.6 Å². The van der Waals surface area contributed by atoms with Gasteiger partial charge in [-0.2, -0.15) is 0 Å². The van der Waals surface area contributed by atoms with Gasteiger partial charge in [0.15, 0.2) is 0 Å². The van der Waals surface area contributed by atoms with Gasteiger partial charge < -0.3 is 10.6 Å². The van der Waals surface area contributed by atoms with Crippen LogP contribution in [-0.4, -0.2) is 18.4 Å². The molecule has 1 aromatic carbocycles. The van der Waals surface area contributed by atoms with Crippen LogP contribution in [0.2, 0.25) is 5.02 Å². The van der Waals surface area contributed by atoms with E-state index < -0.39 is 0 Å². The van der Waals surface area contributed by atoms with Gasteiger partial charge in [0.25, 0.3) is 11.8 Å². The number of carbonyl (C=O) groups excluding carboxylic acids is 2. The molecule has 25 heavy (non-hydrogen) atoms. The fourth-order valence-corrected chi connectivity index (χ4v) is 3.87. The number of halogens is 1. The van der Waals surface area contributed by atoms with Crippen molar-refractivity contribution in [1.82, 2.24) is 5.32 Å². The van der Waals surface area contributed by atoms with E-state index in [0.717, 1.165) is 0 Å². The number of anilines is 1. The van der Waals surface area contributed by atoms with Crippen molar-refractivity contribution in [2.75, 3.05) is 11.9 Å². The van der Waals surface area contributed by atoms with Crippen LogP contribution in [-0.2, 0) is 0 Å². The second-order valence-corrected chi connectivity index (χ2v) is 7.70. The summed E-state index contributed by atoms with van der Waals surface area (Å²) in [5, 5.41) is 8.03. The summed E-state index contributed by atoms with van der Waals surface area (Å²) in [5.74, 6) is 0.216. The van der Waals surface area contributed by atoms with E-state index in [9.17, 15) is 9.59 Å². The minimum atomic E-state index is -0.225. The second kappa shape index (κ2) is 8.50. The lowest BCUT2D eigenvalue weighted by atomic mass is 9.89. The van der Waals surface area contributed by atoms with Crippen LogP contribution in [0.4, 0.5) is 5.69 Å². The van der Waals surface area contributed by atoms with Crippen molar-refractivity contribution in [3.05, 3.63) is 51.2 Å². The summed E-state index contributed by atoms with van der Waals surface area (Å²) in [6.07, 6.45) is 6.17. The van der Waals surface area contributed by atoms with E-state index in [4.69, 9.17) is 11.6 Å². The van der Waals surface area contributed by atoms with Gasteiger partial charge in [0.2, 0.25) is 0 Å². The summed E-state index contributed by atoms with van der Waals surface area (Å²) >= 11 is 7.52. The SMILES string of the molecule is O=C(NCC1CCCCC1)c1ccc(Cl)c(NC(=O)c2cccs2)c1. The molecule has 1 fully saturated rings. The molecule has 2 N–H and O–H groups in total. The molecule has 2 amide bonds. The zero-order chi connectivity index (χ0) is 17.6. The van der Waals surface area contributed by atoms with E-state index in [1.54, 1.807) is 24.3 Å². The minimum absolute atomic E-state index is 0.131. The number of rotatable bonds is 5. The van der Waals surface area contributed by atoms with Gasteiger partial charge in [-0.1, -0.05) is 36.9 Å². The summed E-state index contributed by atoms with van der Waals surface area (Å²) < 4.78 is 0. The molecule has 1 aliphatic rings. The first-order valence-electron chi connectivity index (χ1n) is 8.56. The van der Waals surface area contributed by atoms with E-state index in [0.29, 0.717) is 33.6 Å². The number of nitrogens with one attached hydrogen (secondary N) is 2. The van der Waals surface area contributed by atoms with Crippen molar-refractivity contribution < 1.29 is 9.59 Å². The Balaban J connectivity index is 1.63. The smallest absolute Gasteiger partial charge is 0.265 e. The van der Waals surface area contributed by atoms with Crippen LogP contribution in [0.25, 0.3) is 0 Å². The highest BCUT2D eigenvalue weighted by Gasteiger charge is 2.16. The first kappa shape index (κ1) is 18.0. The molecule has 1 aromatic heterocycles. The molecular formula is C19H21ClN2O2S. The van der Waals surface area contributed by atoms with Gasteiger partial charge in [-0.15, -0.1) is 11.3 Å². The van der Waals surface area contributed by atoms with E-state index in [1.807, 2.05) is 11.4 Å². The Morgan fingerprint density at radius 2 is 1.92 bits per heavy atom. The predicted octanol–water partition coefficient (Wildman–Crippen LogP) is 4.96. The van der Waals surface area contributed by atoms with Crippen LogP contribution < -0.4 is 10.6 Å². The Morgan fingerprint density at radius 3 is 2.64 bits per heavy atom. The van der Waals surface area contributed by atoms with E-state index in [1.165, 1.54) is 43.4 Å². The zero-order valence-corrected chi connectivity index (χ0v) is 15.5. The van der Waals surface area contributed by atoms with Crippen molar-refractivity contribution in [3.8, 4) is 0 Å². The van der Waals surface area contributed by atoms with Crippen molar-refractivity contribution >= 4 is 40.4 Å². The lowest BCUT2D eigenvalue weighted by Gasteiger charge is -2.21. The number of hydrogen-bond acceptors (Lipinski definition) is 3. The van der Waals surface area contributed by atoms with Crippen LogP contribution in [0.3, 0.4) is 0 Å². The lowest BCUT2D eigenvalue weighted by Crippen LogP contribution is -2.30. The molecule has 0 spiro atoms. The zero-order valence-electron chi connectivity index (χ0n) is 13.9. The molecule has 0 atom stereocenters. The Morgan fingerprint density at radius 1 is 1.12 bits per heavy atom. The summed E-state index contributed by atoms with van der Waals surface area (Å²) in [6, 6.07) is 8.51. The monoisotopic (exact) mass is 376 g/mol. The quantitative estimate of drug-likeness (QED) is 0.774. The Labute approximate surface area is 156 Å². The first-order valence-corrected chi connectivity index (χ1v) is 9.82. The number of thiophene rings is 1. The highest BCUT2D eigenvalue weighted by atomic mass is 35.5. The maximum Gasteiger partial charge on any atom is 0.265 e. The average molecular weight is 377 g/mol. The second-order valence-electron chi connectivity index (χ2n) is 6.34. The van der Waals surface area contributed by atoms with Crippen molar-refractivity contribution in [2.45, 2.75) is 32.1 Å². The fourth-order valence-electron chi connectivity index (χ4n) is 3.08. The lowest BCUT2D eigenvalue weighted by molar-refractivity contribution is 0.0942. The number of amides is 2. The van der Waals surface area contributed by atoms with Gasteiger partial charge in [0.05, 0.1) is 15.6 Å². The molecular weight excluding hydrogens is 356 g/mol. The van der Waals surface area contributed by atoms with Crippen LogP contribution in [0.1, 0.15) is 52.1 Å². The standard InChI is InChI=1S/C19H21ClN2O2S/c20-15-9-8-14(18(23)21-12-13-5-2-1-3-6-13)11-16(15)22-19(24)17-7-4-10-25-17/h4,7-11,13H,1-3,5-6,12H2,(H,21,23)(H,22,24). The number of carbonyl (C=O) groups is 2. The molecule has 6 heteroatoms. The topological polar surface area (TPSA) is 58.2 Å². The van der Waals surface area contributed by atoms with Crippen molar-refractivity contribution in [1.29, 1.82) is 0 Å². The summed E-state index contributed by atoms with van der Waals surface area (Å²) in [6.45, 7) is 0.707. The van der Waals surface area contributed by atoms with E-state index in [-0.39, 0.29) is 11.8 Å². The van der Waals surface area contributed by atoms with Gasteiger partial charge >= 0.3 is 0 Å². The van der Waals surface area contributed by atoms with Crippen LogP contribution in [0.15, 0.2) is 35.7 Å². The van der Waals surface area contributed by atoms with Gasteiger partial charge in [0.1, 0.15) is 0 Å². The third kappa shape index (κ3) is 4.83. The molecule has 3 rings (SSSR count). The summed E-state index contributed by atoms with van der Waals surface area (Å²) in [5.41, 5.74) is 0.951. The predicted molar refractivity (Wildman–Crippen MR) is 103 cm³/mol. The molecule has 0 saturated heterocycles. The normalized spacial score (nSPS) is 14.9. The Hall–Kier alpha value is -1.85. The summed E-state index contributed by atoms with van der Waals surface area (Å²) in [7, 11) is 0. The summed E-state index contributed by atoms with van der Waals surface area (Å²) in [4.78, 5) is 25.2. The molecule has 4 nitrogen and oxygen atoms in total. The Kier molecular flexibility index (Phi) is 6.10. The molecule has 0 unspecified atom stereocenters. The number of hydrogen-bond donors (Lipinski definition) is 2. The van der Waals surface area contributed by atoms with E-state index >= 15 is 0 Å². The Bertz CT molecular complexity index is 740. The maximum atomic E-state index is 12.4. The van der Waals surface area contributed by atoms with Gasteiger partial charge in [-0.05, 0) is 48.4 Å². The largest absolute Gasteiger partial charge is 0.352 e. The number of benzene rings is 1. The first-order chi connectivity index (χ1) is 12.1. The molecule has 132 valence electrons. The highest BCUT2D eigenvalue weighted by molar-refractivity contribution is 7.12.